The summed E-state index contributed by atoms with van der Waals surface area (Å²) < 4.78 is 39.7. The van der Waals surface area contributed by atoms with E-state index in [0.717, 1.165) is 10.7 Å². The second-order valence-electron chi connectivity index (χ2n) is 2.90. The number of benzene rings is 1. The monoisotopic (exact) mass is 213 g/mol. The summed E-state index contributed by atoms with van der Waals surface area (Å²) in [6.45, 7) is 0. The van der Waals surface area contributed by atoms with Crippen molar-refractivity contribution in [3.05, 3.63) is 41.8 Å². The summed E-state index contributed by atoms with van der Waals surface area (Å²) in [5.74, 6) is -3.12. The number of nitrogens with zero attached hydrogens (tertiary/aromatic N) is 2. The maximum absolute atomic E-state index is 13.2. The van der Waals surface area contributed by atoms with Gasteiger partial charge in [0, 0.05) is 24.4 Å². The lowest BCUT2D eigenvalue weighted by molar-refractivity contribution is 0.491. The van der Waals surface area contributed by atoms with Gasteiger partial charge in [0.05, 0.1) is 0 Å². The first-order valence-corrected chi connectivity index (χ1v) is 4.04. The molecule has 1 heterocycles. The fourth-order valence-corrected chi connectivity index (χ4v) is 1.16. The van der Waals surface area contributed by atoms with Crippen LogP contribution in [0.5, 0.6) is 0 Å². The van der Waals surface area contributed by atoms with E-state index < -0.39 is 17.5 Å². The van der Waals surface area contributed by atoms with Crippen LogP contribution in [0.2, 0.25) is 0 Å². The van der Waals surface area contributed by atoms with Gasteiger partial charge in [-0.05, 0) is 0 Å². The van der Waals surface area contributed by atoms with E-state index in [9.17, 15) is 13.2 Å². The fourth-order valence-electron chi connectivity index (χ4n) is 1.16. The van der Waals surface area contributed by atoms with E-state index in [-0.39, 0.29) is 11.5 Å². The third kappa shape index (κ3) is 1.65. The Bertz CT molecular complexity index is 507. The highest BCUT2D eigenvalue weighted by molar-refractivity contribution is 5.36. The average molecular weight is 213 g/mol. The number of aromatic nitrogens is 2. The Kier molecular flexibility index (Phi) is 2.11. The van der Waals surface area contributed by atoms with Crippen LogP contribution in [0.3, 0.4) is 0 Å². The zero-order valence-corrected chi connectivity index (χ0v) is 7.42. The quantitative estimate of drug-likeness (QED) is 0.735. The van der Waals surface area contributed by atoms with Gasteiger partial charge in [0.15, 0.2) is 17.5 Å². The van der Waals surface area contributed by atoms with E-state index in [0.29, 0.717) is 6.07 Å². The van der Waals surface area contributed by atoms with Gasteiger partial charge in [-0.3, -0.25) is 0 Å². The largest absolute Gasteiger partial charge is 0.382 e. The molecule has 0 bridgehead atoms. The van der Waals surface area contributed by atoms with Crippen molar-refractivity contribution in [2.75, 3.05) is 5.73 Å². The molecule has 0 saturated heterocycles. The molecule has 2 N–H and O–H groups in total. The molecule has 0 fully saturated rings. The number of nitrogen functional groups attached to an aromatic ring is 1. The van der Waals surface area contributed by atoms with Gasteiger partial charge in [0.1, 0.15) is 11.5 Å². The number of hydrogen-bond donors (Lipinski definition) is 1. The van der Waals surface area contributed by atoms with Crippen LogP contribution in [0.4, 0.5) is 19.0 Å². The number of rotatable bonds is 1. The van der Waals surface area contributed by atoms with E-state index in [1.807, 2.05) is 0 Å². The van der Waals surface area contributed by atoms with Crippen LogP contribution >= 0.6 is 0 Å². The van der Waals surface area contributed by atoms with Gasteiger partial charge in [-0.2, -0.15) is 5.10 Å². The molecule has 3 nitrogen and oxygen atoms in total. The molecule has 2 rings (SSSR count). The van der Waals surface area contributed by atoms with Gasteiger partial charge < -0.3 is 5.73 Å². The summed E-state index contributed by atoms with van der Waals surface area (Å²) in [5.41, 5.74) is 5.12. The van der Waals surface area contributed by atoms with E-state index in [2.05, 4.69) is 5.10 Å². The van der Waals surface area contributed by atoms with E-state index >= 15 is 0 Å². The molecule has 2 aromatic rings. The lowest BCUT2D eigenvalue weighted by atomic mass is 10.3. The van der Waals surface area contributed by atoms with Crippen LogP contribution in [-0.2, 0) is 0 Å². The maximum Gasteiger partial charge on any atom is 0.161 e. The summed E-state index contributed by atoms with van der Waals surface area (Å²) in [4.78, 5) is 0. The molecular weight excluding hydrogens is 207 g/mol. The highest BCUT2D eigenvalue weighted by atomic mass is 19.2. The Morgan fingerprint density at radius 1 is 1.07 bits per heavy atom. The SMILES string of the molecule is Nc1ccn(-c2cc(F)c(F)cc2F)n1. The first kappa shape index (κ1) is 9.57. The molecule has 15 heavy (non-hydrogen) atoms. The molecule has 0 atom stereocenters. The van der Waals surface area contributed by atoms with Gasteiger partial charge in [0.2, 0.25) is 0 Å². The Morgan fingerprint density at radius 2 is 1.73 bits per heavy atom. The minimum atomic E-state index is -1.24. The Balaban J connectivity index is 2.58. The molecule has 0 aliphatic rings. The molecule has 0 aliphatic heterocycles. The summed E-state index contributed by atoms with van der Waals surface area (Å²) in [5, 5.41) is 3.68. The minimum absolute atomic E-state index is 0.166. The summed E-state index contributed by atoms with van der Waals surface area (Å²) >= 11 is 0. The summed E-state index contributed by atoms with van der Waals surface area (Å²) in [7, 11) is 0. The highest BCUT2D eigenvalue weighted by Crippen LogP contribution is 2.17. The predicted molar refractivity (Wildman–Crippen MR) is 47.9 cm³/mol. The highest BCUT2D eigenvalue weighted by Gasteiger charge is 2.11. The van der Waals surface area contributed by atoms with Gasteiger partial charge in [-0.25, -0.2) is 17.9 Å². The topological polar surface area (TPSA) is 43.8 Å². The summed E-state index contributed by atoms with van der Waals surface area (Å²) in [6, 6.07) is 2.60. The number of anilines is 1. The van der Waals surface area contributed by atoms with Crippen LogP contribution in [0.15, 0.2) is 24.4 Å². The molecule has 6 heteroatoms. The molecule has 1 aromatic carbocycles. The van der Waals surface area contributed by atoms with E-state index in [1.165, 1.54) is 12.3 Å². The molecule has 0 saturated carbocycles. The molecule has 0 amide bonds. The van der Waals surface area contributed by atoms with E-state index in [1.54, 1.807) is 0 Å². The molecule has 78 valence electrons. The van der Waals surface area contributed by atoms with Crippen molar-refractivity contribution in [1.82, 2.24) is 9.78 Å². The van der Waals surface area contributed by atoms with Gasteiger partial charge >= 0.3 is 0 Å². The standard InChI is InChI=1S/C9H6F3N3/c10-5-3-7(12)8(4-6(5)11)15-2-1-9(13)14-15/h1-4H,(H2,13,14). The Morgan fingerprint density at radius 3 is 2.33 bits per heavy atom. The minimum Gasteiger partial charge on any atom is -0.382 e. The zero-order valence-electron chi connectivity index (χ0n) is 7.42. The summed E-state index contributed by atoms with van der Waals surface area (Å²) in [6.07, 6.45) is 1.35. The Labute approximate surface area is 82.9 Å². The average Bonchev–Trinajstić information content (AvgIpc) is 2.58. The van der Waals surface area contributed by atoms with Crippen LogP contribution in [0.25, 0.3) is 5.69 Å². The van der Waals surface area contributed by atoms with Crippen LogP contribution < -0.4 is 5.73 Å². The number of halogens is 3. The number of hydrogen-bond acceptors (Lipinski definition) is 2. The van der Waals surface area contributed by atoms with Crippen LogP contribution in [0.1, 0.15) is 0 Å². The van der Waals surface area contributed by atoms with Gasteiger partial charge in [-0.15, -0.1) is 0 Å². The number of nitrogens with two attached hydrogens (primary N) is 1. The Hall–Kier alpha value is -1.98. The van der Waals surface area contributed by atoms with Gasteiger partial charge in [-0.1, -0.05) is 0 Å². The van der Waals surface area contributed by atoms with Gasteiger partial charge in [0.25, 0.3) is 0 Å². The van der Waals surface area contributed by atoms with Crippen molar-refractivity contribution in [2.24, 2.45) is 0 Å². The second kappa shape index (κ2) is 3.30. The van der Waals surface area contributed by atoms with Crippen molar-refractivity contribution >= 4 is 5.82 Å². The maximum atomic E-state index is 13.2. The lowest BCUT2D eigenvalue weighted by Crippen LogP contribution is -2.01. The molecule has 0 radical (unpaired) electrons. The van der Waals surface area contributed by atoms with Crippen molar-refractivity contribution in [2.45, 2.75) is 0 Å². The lowest BCUT2D eigenvalue weighted by Gasteiger charge is -2.03. The molecule has 1 aromatic heterocycles. The fraction of sp³-hybridized carbons (Fsp3) is 0. The first-order valence-electron chi connectivity index (χ1n) is 4.04. The van der Waals surface area contributed by atoms with Crippen molar-refractivity contribution in [1.29, 1.82) is 0 Å². The van der Waals surface area contributed by atoms with Crippen molar-refractivity contribution in [3.63, 3.8) is 0 Å². The third-order valence-corrected chi connectivity index (χ3v) is 1.85. The van der Waals surface area contributed by atoms with Crippen LogP contribution in [-0.4, -0.2) is 9.78 Å². The molecular formula is C9H6F3N3. The smallest absolute Gasteiger partial charge is 0.161 e. The second-order valence-corrected chi connectivity index (χ2v) is 2.90. The molecule has 0 aliphatic carbocycles. The predicted octanol–water partition coefficient (Wildman–Crippen LogP) is 1.87. The van der Waals surface area contributed by atoms with Crippen LogP contribution in [0, 0.1) is 17.5 Å². The third-order valence-electron chi connectivity index (χ3n) is 1.85. The van der Waals surface area contributed by atoms with Crippen molar-refractivity contribution in [3.8, 4) is 5.69 Å². The van der Waals surface area contributed by atoms with E-state index in [4.69, 9.17) is 5.73 Å². The van der Waals surface area contributed by atoms with Crippen molar-refractivity contribution < 1.29 is 13.2 Å². The zero-order chi connectivity index (χ0) is 11.0. The first-order chi connectivity index (χ1) is 7.08. The molecule has 0 spiro atoms. The molecule has 0 unspecified atom stereocenters. The normalized spacial score (nSPS) is 10.6.